The average Bonchev–Trinajstić information content (AvgIpc) is 2.25. The van der Waals surface area contributed by atoms with Gasteiger partial charge in [0.05, 0.1) is 16.6 Å². The molecule has 1 aromatic rings. The molecule has 0 aliphatic rings. The van der Waals surface area contributed by atoms with Crippen molar-refractivity contribution in [3.05, 3.63) is 39.9 Å². The summed E-state index contributed by atoms with van der Waals surface area (Å²) in [5.41, 5.74) is 5.63. The Morgan fingerprint density at radius 3 is 2.73 bits per heavy atom. The van der Waals surface area contributed by atoms with Crippen LogP contribution in [-0.2, 0) is 0 Å². The maximum atomic E-state index is 10.7. The number of nitrogens with two attached hydrogens (primary N) is 1. The van der Waals surface area contributed by atoms with E-state index in [2.05, 4.69) is 0 Å². The Bertz CT molecular complexity index is 341. The van der Waals surface area contributed by atoms with Gasteiger partial charge >= 0.3 is 0 Å². The quantitative estimate of drug-likeness (QED) is 0.567. The van der Waals surface area contributed by atoms with Gasteiger partial charge in [-0.25, -0.2) is 0 Å². The molecule has 0 spiro atoms. The van der Waals surface area contributed by atoms with E-state index in [4.69, 9.17) is 5.73 Å². The molecule has 1 aromatic carbocycles. The minimum Gasteiger partial charge on any atom is -0.388 e. The van der Waals surface area contributed by atoms with Gasteiger partial charge in [0.15, 0.2) is 0 Å². The maximum absolute atomic E-state index is 10.7. The zero-order chi connectivity index (χ0) is 11.3. The van der Waals surface area contributed by atoms with Crippen molar-refractivity contribution in [2.75, 3.05) is 6.54 Å². The summed E-state index contributed by atoms with van der Waals surface area (Å²) in [6, 6.07) is 6.21. The molecule has 0 unspecified atom stereocenters. The number of nitro groups is 1. The molecule has 0 fully saturated rings. The molecule has 5 nitrogen and oxygen atoms in total. The first-order valence-electron chi connectivity index (χ1n) is 4.78. The predicted molar refractivity (Wildman–Crippen MR) is 56.3 cm³/mol. The van der Waals surface area contributed by atoms with Crippen molar-refractivity contribution in [1.82, 2.24) is 0 Å². The van der Waals surface area contributed by atoms with Gasteiger partial charge in [-0.3, -0.25) is 10.1 Å². The van der Waals surface area contributed by atoms with E-state index in [0.717, 1.165) is 0 Å². The summed E-state index contributed by atoms with van der Waals surface area (Å²) in [6.45, 7) is 0.470. The van der Waals surface area contributed by atoms with E-state index in [1.165, 1.54) is 6.07 Å². The monoisotopic (exact) mass is 210 g/mol. The summed E-state index contributed by atoms with van der Waals surface area (Å²) in [7, 11) is 0. The van der Waals surface area contributed by atoms with Crippen LogP contribution in [0.4, 0.5) is 5.69 Å². The van der Waals surface area contributed by atoms with Crippen LogP contribution in [0.1, 0.15) is 24.5 Å². The van der Waals surface area contributed by atoms with Crippen LogP contribution in [0.15, 0.2) is 24.3 Å². The molecule has 0 aliphatic carbocycles. The highest BCUT2D eigenvalue weighted by atomic mass is 16.6. The van der Waals surface area contributed by atoms with E-state index in [1.807, 2.05) is 0 Å². The van der Waals surface area contributed by atoms with E-state index in [1.54, 1.807) is 18.2 Å². The topological polar surface area (TPSA) is 89.4 Å². The summed E-state index contributed by atoms with van der Waals surface area (Å²) >= 11 is 0. The zero-order valence-corrected chi connectivity index (χ0v) is 8.30. The van der Waals surface area contributed by atoms with Crippen LogP contribution in [-0.4, -0.2) is 16.6 Å². The van der Waals surface area contributed by atoms with Crippen LogP contribution < -0.4 is 5.73 Å². The first-order chi connectivity index (χ1) is 7.16. The van der Waals surface area contributed by atoms with E-state index < -0.39 is 11.0 Å². The Balaban J connectivity index is 2.87. The highest BCUT2D eigenvalue weighted by Gasteiger charge is 2.18. The van der Waals surface area contributed by atoms with E-state index in [0.29, 0.717) is 24.9 Å². The number of nitrogens with zero attached hydrogens (tertiary/aromatic N) is 1. The molecule has 5 heteroatoms. The molecule has 0 heterocycles. The summed E-state index contributed by atoms with van der Waals surface area (Å²) < 4.78 is 0. The fourth-order valence-electron chi connectivity index (χ4n) is 1.40. The van der Waals surface area contributed by atoms with Crippen LogP contribution in [0.5, 0.6) is 0 Å². The summed E-state index contributed by atoms with van der Waals surface area (Å²) in [5.74, 6) is 0. The number of hydrogen-bond acceptors (Lipinski definition) is 4. The third-order valence-electron chi connectivity index (χ3n) is 2.17. The lowest BCUT2D eigenvalue weighted by Crippen LogP contribution is -2.05. The fourth-order valence-corrected chi connectivity index (χ4v) is 1.40. The van der Waals surface area contributed by atoms with Gasteiger partial charge in [0.25, 0.3) is 5.69 Å². The summed E-state index contributed by atoms with van der Waals surface area (Å²) in [4.78, 5) is 10.2. The van der Waals surface area contributed by atoms with Gasteiger partial charge in [0.1, 0.15) is 0 Å². The molecule has 1 rings (SSSR count). The predicted octanol–water partition coefficient (Wildman–Crippen LogP) is 1.37. The molecule has 82 valence electrons. The number of nitro benzene ring substituents is 1. The smallest absolute Gasteiger partial charge is 0.275 e. The zero-order valence-electron chi connectivity index (χ0n) is 8.30. The average molecular weight is 210 g/mol. The Hall–Kier alpha value is -1.46. The van der Waals surface area contributed by atoms with Gasteiger partial charge in [-0.15, -0.1) is 0 Å². The lowest BCUT2D eigenvalue weighted by molar-refractivity contribution is -0.386. The Morgan fingerprint density at radius 2 is 2.13 bits per heavy atom. The van der Waals surface area contributed by atoms with Crippen molar-refractivity contribution in [3.8, 4) is 0 Å². The lowest BCUT2D eigenvalue weighted by atomic mass is 10.0. The van der Waals surface area contributed by atoms with Gasteiger partial charge in [-0.1, -0.05) is 12.1 Å². The Labute approximate surface area is 87.7 Å². The van der Waals surface area contributed by atoms with Crippen molar-refractivity contribution >= 4 is 5.69 Å². The molecular formula is C10H14N2O3. The second kappa shape index (κ2) is 5.43. The normalized spacial score (nSPS) is 12.4. The second-order valence-corrected chi connectivity index (χ2v) is 3.26. The van der Waals surface area contributed by atoms with Crippen LogP contribution in [0.2, 0.25) is 0 Å². The molecule has 3 N–H and O–H groups in total. The third kappa shape index (κ3) is 3.00. The van der Waals surface area contributed by atoms with Crippen LogP contribution in [0.25, 0.3) is 0 Å². The highest BCUT2D eigenvalue weighted by molar-refractivity contribution is 5.41. The van der Waals surface area contributed by atoms with Gasteiger partial charge in [-0.05, 0) is 25.5 Å². The van der Waals surface area contributed by atoms with Crippen LogP contribution in [0.3, 0.4) is 0 Å². The number of aliphatic hydroxyl groups is 1. The van der Waals surface area contributed by atoms with Crippen LogP contribution in [0, 0.1) is 10.1 Å². The molecule has 15 heavy (non-hydrogen) atoms. The first kappa shape index (κ1) is 11.6. The van der Waals surface area contributed by atoms with Gasteiger partial charge < -0.3 is 10.8 Å². The molecule has 0 saturated heterocycles. The second-order valence-electron chi connectivity index (χ2n) is 3.26. The number of aliphatic hydroxyl groups excluding tert-OH is 1. The first-order valence-corrected chi connectivity index (χ1v) is 4.78. The van der Waals surface area contributed by atoms with Crippen molar-refractivity contribution < 1.29 is 10.0 Å². The van der Waals surface area contributed by atoms with Crippen molar-refractivity contribution in [1.29, 1.82) is 0 Å². The fraction of sp³-hybridized carbons (Fsp3) is 0.400. The standard InChI is InChI=1S/C10H14N2O3/c11-7-3-6-10(13)8-4-1-2-5-9(8)12(14)15/h1-2,4-5,10,13H,3,6-7,11H2/t10-/m0/s1. The SMILES string of the molecule is NCCC[C@H](O)c1ccccc1[N+](=O)[O-]. The molecule has 0 amide bonds. The Morgan fingerprint density at radius 1 is 1.47 bits per heavy atom. The Kier molecular flexibility index (Phi) is 4.20. The minimum atomic E-state index is -0.810. The number of rotatable bonds is 5. The van der Waals surface area contributed by atoms with E-state index in [-0.39, 0.29) is 5.69 Å². The lowest BCUT2D eigenvalue weighted by Gasteiger charge is -2.10. The summed E-state index contributed by atoms with van der Waals surface area (Å²) in [5, 5.41) is 20.4. The van der Waals surface area contributed by atoms with Gasteiger partial charge in [-0.2, -0.15) is 0 Å². The number of para-hydroxylation sites is 1. The molecule has 0 radical (unpaired) electrons. The van der Waals surface area contributed by atoms with Crippen molar-refractivity contribution in [2.45, 2.75) is 18.9 Å². The molecular weight excluding hydrogens is 196 g/mol. The number of benzene rings is 1. The molecule has 0 bridgehead atoms. The van der Waals surface area contributed by atoms with Crippen LogP contribution >= 0.6 is 0 Å². The number of hydrogen-bond donors (Lipinski definition) is 2. The van der Waals surface area contributed by atoms with Crippen molar-refractivity contribution in [3.63, 3.8) is 0 Å². The molecule has 0 saturated carbocycles. The van der Waals surface area contributed by atoms with E-state index >= 15 is 0 Å². The summed E-state index contributed by atoms with van der Waals surface area (Å²) in [6.07, 6.45) is 0.282. The van der Waals surface area contributed by atoms with Gasteiger partial charge in [0, 0.05) is 6.07 Å². The largest absolute Gasteiger partial charge is 0.388 e. The molecule has 1 atom stereocenters. The van der Waals surface area contributed by atoms with Gasteiger partial charge in [0.2, 0.25) is 0 Å². The maximum Gasteiger partial charge on any atom is 0.275 e. The van der Waals surface area contributed by atoms with E-state index in [9.17, 15) is 15.2 Å². The van der Waals surface area contributed by atoms with Crippen molar-refractivity contribution in [2.24, 2.45) is 5.73 Å². The molecule has 0 aliphatic heterocycles. The minimum absolute atomic E-state index is 0.0398. The third-order valence-corrected chi connectivity index (χ3v) is 2.17. The molecule has 0 aromatic heterocycles. The highest BCUT2D eigenvalue weighted by Crippen LogP contribution is 2.27.